The fourth-order valence-electron chi connectivity index (χ4n) is 1.93. The zero-order valence-corrected chi connectivity index (χ0v) is 9.73. The van der Waals surface area contributed by atoms with Crippen LogP contribution in [0.25, 0.3) is 11.6 Å². The van der Waals surface area contributed by atoms with E-state index in [1.54, 1.807) is 25.6 Å². The molecule has 5 nitrogen and oxygen atoms in total. The second-order valence-corrected chi connectivity index (χ2v) is 3.90. The Morgan fingerprint density at radius 1 is 1.39 bits per heavy atom. The van der Waals surface area contributed by atoms with E-state index in [1.165, 1.54) is 0 Å². The minimum absolute atomic E-state index is 0.130. The third-order valence-corrected chi connectivity index (χ3v) is 2.81. The molecule has 1 aliphatic rings. The van der Waals surface area contributed by atoms with Crippen molar-refractivity contribution in [3.05, 3.63) is 42.0 Å². The number of rotatable bonds is 2. The molecule has 0 saturated carbocycles. The minimum atomic E-state index is -0.130. The van der Waals surface area contributed by atoms with E-state index < -0.39 is 0 Å². The lowest BCUT2D eigenvalue weighted by Crippen LogP contribution is -2.03. The van der Waals surface area contributed by atoms with Gasteiger partial charge < -0.3 is 15.0 Å². The average molecular weight is 241 g/mol. The van der Waals surface area contributed by atoms with Crippen molar-refractivity contribution >= 4 is 23.2 Å². The molecule has 0 spiro atoms. The van der Waals surface area contributed by atoms with Gasteiger partial charge in [-0.25, -0.2) is 4.98 Å². The van der Waals surface area contributed by atoms with E-state index in [4.69, 9.17) is 4.74 Å². The summed E-state index contributed by atoms with van der Waals surface area (Å²) in [6.45, 7) is 0. The van der Waals surface area contributed by atoms with Crippen LogP contribution < -0.4 is 10.1 Å². The van der Waals surface area contributed by atoms with Crippen molar-refractivity contribution in [2.75, 3.05) is 12.4 Å². The first-order valence-electron chi connectivity index (χ1n) is 5.49. The summed E-state index contributed by atoms with van der Waals surface area (Å²) < 4.78 is 5.17. The van der Waals surface area contributed by atoms with Crippen molar-refractivity contribution < 1.29 is 9.53 Å². The maximum Gasteiger partial charge on any atom is 0.256 e. The topological polar surface area (TPSA) is 67.0 Å². The Kier molecular flexibility index (Phi) is 2.37. The Bertz CT molecular complexity index is 630. The van der Waals surface area contributed by atoms with E-state index in [0.29, 0.717) is 11.4 Å². The normalized spacial score (nSPS) is 15.6. The highest BCUT2D eigenvalue weighted by Gasteiger charge is 2.24. The molecule has 5 heteroatoms. The fraction of sp³-hybridized carbons (Fsp3) is 0.0769. The Morgan fingerprint density at radius 2 is 2.28 bits per heavy atom. The third-order valence-electron chi connectivity index (χ3n) is 2.81. The van der Waals surface area contributed by atoms with Gasteiger partial charge in [-0.3, -0.25) is 4.79 Å². The van der Waals surface area contributed by atoms with Gasteiger partial charge in [0.15, 0.2) is 0 Å². The van der Waals surface area contributed by atoms with Gasteiger partial charge in [-0.2, -0.15) is 0 Å². The van der Waals surface area contributed by atoms with Gasteiger partial charge in [0, 0.05) is 23.6 Å². The number of ether oxygens (including phenoxy) is 1. The van der Waals surface area contributed by atoms with Crippen LogP contribution in [-0.4, -0.2) is 23.0 Å². The number of amides is 1. The predicted octanol–water partition coefficient (Wildman–Crippen LogP) is 1.91. The summed E-state index contributed by atoms with van der Waals surface area (Å²) in [7, 11) is 1.60. The van der Waals surface area contributed by atoms with Gasteiger partial charge in [-0.15, -0.1) is 0 Å². The number of anilines is 1. The van der Waals surface area contributed by atoms with Gasteiger partial charge in [-0.1, -0.05) is 0 Å². The SMILES string of the molecule is COc1ccc2c(c1)/C(=C/c1ncc[nH]1)C(=O)N2. The molecule has 1 amide bonds. The molecule has 90 valence electrons. The lowest BCUT2D eigenvalue weighted by molar-refractivity contribution is -0.110. The second kappa shape index (κ2) is 4.03. The molecule has 0 saturated heterocycles. The van der Waals surface area contributed by atoms with E-state index in [2.05, 4.69) is 15.3 Å². The highest BCUT2D eigenvalue weighted by molar-refractivity contribution is 6.34. The molecule has 1 aliphatic heterocycles. The van der Waals surface area contributed by atoms with Crippen molar-refractivity contribution in [3.8, 4) is 5.75 Å². The van der Waals surface area contributed by atoms with Crippen molar-refractivity contribution in [2.24, 2.45) is 0 Å². The number of carbonyl (C=O) groups is 1. The fourth-order valence-corrected chi connectivity index (χ4v) is 1.93. The molecule has 2 aromatic rings. The van der Waals surface area contributed by atoms with E-state index in [1.807, 2.05) is 18.2 Å². The van der Waals surface area contributed by atoms with Crippen LogP contribution in [0, 0.1) is 0 Å². The third kappa shape index (κ3) is 1.66. The molecule has 3 rings (SSSR count). The zero-order valence-electron chi connectivity index (χ0n) is 9.73. The molecule has 0 bridgehead atoms. The first kappa shape index (κ1) is 10.6. The quantitative estimate of drug-likeness (QED) is 0.789. The number of hydrogen-bond acceptors (Lipinski definition) is 3. The molecule has 1 aromatic heterocycles. The number of benzene rings is 1. The number of methoxy groups -OCH3 is 1. The maximum atomic E-state index is 11.9. The molecular formula is C13H11N3O2. The number of nitrogens with one attached hydrogen (secondary N) is 2. The first-order valence-corrected chi connectivity index (χ1v) is 5.49. The summed E-state index contributed by atoms with van der Waals surface area (Å²) in [5.41, 5.74) is 2.20. The molecule has 0 fully saturated rings. The number of imidazole rings is 1. The summed E-state index contributed by atoms with van der Waals surface area (Å²) >= 11 is 0. The number of hydrogen-bond donors (Lipinski definition) is 2. The van der Waals surface area contributed by atoms with Crippen molar-refractivity contribution in [2.45, 2.75) is 0 Å². The van der Waals surface area contributed by atoms with Crippen LogP contribution in [0.2, 0.25) is 0 Å². The van der Waals surface area contributed by atoms with Crippen LogP contribution in [0.3, 0.4) is 0 Å². The summed E-state index contributed by atoms with van der Waals surface area (Å²) in [4.78, 5) is 18.9. The van der Waals surface area contributed by atoms with E-state index in [-0.39, 0.29) is 5.91 Å². The predicted molar refractivity (Wildman–Crippen MR) is 68.1 cm³/mol. The van der Waals surface area contributed by atoms with Gasteiger partial charge in [0.2, 0.25) is 0 Å². The molecule has 0 atom stereocenters. The van der Waals surface area contributed by atoms with Crippen LogP contribution >= 0.6 is 0 Å². The molecule has 1 aromatic carbocycles. The standard InChI is InChI=1S/C13H11N3O2/c1-18-8-2-3-11-9(6-8)10(13(17)16-11)7-12-14-4-5-15-12/h2-7H,1H3,(H,14,15)(H,16,17)/b10-7-. The molecule has 0 unspecified atom stereocenters. The zero-order chi connectivity index (χ0) is 12.5. The maximum absolute atomic E-state index is 11.9. The van der Waals surface area contributed by atoms with Crippen molar-refractivity contribution in [1.29, 1.82) is 0 Å². The Hall–Kier alpha value is -2.56. The van der Waals surface area contributed by atoms with Gasteiger partial charge in [0.25, 0.3) is 5.91 Å². The molecule has 0 aliphatic carbocycles. The summed E-state index contributed by atoms with van der Waals surface area (Å²) in [5.74, 6) is 1.24. The Morgan fingerprint density at radius 3 is 3.00 bits per heavy atom. The highest BCUT2D eigenvalue weighted by Crippen LogP contribution is 2.35. The smallest absolute Gasteiger partial charge is 0.256 e. The Balaban J connectivity index is 2.10. The molecule has 0 radical (unpaired) electrons. The van der Waals surface area contributed by atoms with Crippen LogP contribution in [0.4, 0.5) is 5.69 Å². The van der Waals surface area contributed by atoms with Gasteiger partial charge >= 0.3 is 0 Å². The van der Waals surface area contributed by atoms with Gasteiger partial charge in [0.05, 0.1) is 12.7 Å². The van der Waals surface area contributed by atoms with Crippen molar-refractivity contribution in [3.63, 3.8) is 0 Å². The molecular weight excluding hydrogens is 230 g/mol. The summed E-state index contributed by atoms with van der Waals surface area (Å²) in [5, 5.41) is 2.81. The highest BCUT2D eigenvalue weighted by atomic mass is 16.5. The summed E-state index contributed by atoms with van der Waals surface area (Å²) in [6.07, 6.45) is 5.08. The second-order valence-electron chi connectivity index (χ2n) is 3.90. The van der Waals surface area contributed by atoms with Crippen LogP contribution in [0.5, 0.6) is 5.75 Å². The number of carbonyl (C=O) groups excluding carboxylic acids is 1. The summed E-state index contributed by atoms with van der Waals surface area (Å²) in [6, 6.07) is 5.48. The number of aromatic amines is 1. The molecule has 18 heavy (non-hydrogen) atoms. The van der Waals surface area contributed by atoms with Crippen LogP contribution in [-0.2, 0) is 4.79 Å². The minimum Gasteiger partial charge on any atom is -0.497 e. The first-order chi connectivity index (χ1) is 8.78. The lowest BCUT2D eigenvalue weighted by Gasteiger charge is -2.02. The monoisotopic (exact) mass is 241 g/mol. The van der Waals surface area contributed by atoms with Gasteiger partial charge in [0.1, 0.15) is 11.6 Å². The number of H-pyrrole nitrogens is 1. The number of aromatic nitrogens is 2. The average Bonchev–Trinajstić information content (AvgIpc) is 2.99. The lowest BCUT2D eigenvalue weighted by atomic mass is 10.1. The van der Waals surface area contributed by atoms with Crippen molar-refractivity contribution in [1.82, 2.24) is 9.97 Å². The number of fused-ring (bicyclic) bond motifs is 1. The van der Waals surface area contributed by atoms with Gasteiger partial charge in [-0.05, 0) is 24.3 Å². The van der Waals surface area contributed by atoms with Crippen LogP contribution in [0.1, 0.15) is 11.4 Å². The van der Waals surface area contributed by atoms with Crippen LogP contribution in [0.15, 0.2) is 30.6 Å². The molecule has 2 heterocycles. The van der Waals surface area contributed by atoms with E-state index >= 15 is 0 Å². The van der Waals surface area contributed by atoms with E-state index in [0.717, 1.165) is 17.0 Å². The van der Waals surface area contributed by atoms with E-state index in [9.17, 15) is 4.79 Å². The Labute approximate surface area is 104 Å². The largest absolute Gasteiger partial charge is 0.497 e. The molecule has 2 N–H and O–H groups in total. The number of nitrogens with zero attached hydrogens (tertiary/aromatic N) is 1.